The van der Waals surface area contributed by atoms with Crippen LogP contribution < -0.4 is 15.6 Å². The van der Waals surface area contributed by atoms with Gasteiger partial charge < -0.3 is 20.1 Å². The Hall–Kier alpha value is -3.35. The summed E-state index contributed by atoms with van der Waals surface area (Å²) < 4.78 is 5.21. The molecule has 3 rings (SSSR count). The van der Waals surface area contributed by atoms with Crippen molar-refractivity contribution in [3.63, 3.8) is 0 Å². The fraction of sp³-hybridized carbons (Fsp3) is 0.118. The highest BCUT2D eigenvalue weighted by atomic mass is 16.5. The van der Waals surface area contributed by atoms with Crippen LogP contribution in [0.25, 0.3) is 11.0 Å². The minimum absolute atomic E-state index is 0.160. The zero-order chi connectivity index (χ0) is 17.1. The minimum atomic E-state index is -0.698. The van der Waals surface area contributed by atoms with Crippen LogP contribution in [-0.4, -0.2) is 28.1 Å². The summed E-state index contributed by atoms with van der Waals surface area (Å²) in [6, 6.07) is 10.4. The second-order valence-electron chi connectivity index (χ2n) is 5.07. The monoisotopic (exact) mass is 325 g/mol. The molecule has 0 saturated heterocycles. The third-order valence-corrected chi connectivity index (χ3v) is 3.62. The van der Waals surface area contributed by atoms with Crippen LogP contribution in [0.1, 0.15) is 15.9 Å². The van der Waals surface area contributed by atoms with Crippen LogP contribution in [0.2, 0.25) is 0 Å². The fourth-order valence-corrected chi connectivity index (χ4v) is 2.43. The Morgan fingerprint density at radius 3 is 2.88 bits per heavy atom. The molecule has 1 amide bonds. The van der Waals surface area contributed by atoms with Crippen molar-refractivity contribution in [3.8, 4) is 11.5 Å². The second kappa shape index (κ2) is 6.41. The Balaban J connectivity index is 1.90. The summed E-state index contributed by atoms with van der Waals surface area (Å²) in [5, 5.41) is 13.2. The molecule has 0 atom stereocenters. The van der Waals surface area contributed by atoms with Crippen molar-refractivity contribution in [3.05, 3.63) is 64.1 Å². The minimum Gasteiger partial charge on any atom is -0.506 e. The summed E-state index contributed by atoms with van der Waals surface area (Å²) in [4.78, 5) is 30.9. The molecule has 0 spiro atoms. The number of benzene rings is 1. The number of rotatable bonds is 4. The molecule has 0 saturated carbocycles. The number of aromatic nitrogens is 2. The molecule has 0 fully saturated rings. The lowest BCUT2D eigenvalue weighted by Crippen LogP contribution is -2.29. The topological polar surface area (TPSA) is 104 Å². The Labute approximate surface area is 136 Å². The zero-order valence-corrected chi connectivity index (χ0v) is 12.9. The molecular weight excluding hydrogens is 310 g/mol. The first kappa shape index (κ1) is 15.5. The largest absolute Gasteiger partial charge is 0.506 e. The van der Waals surface area contributed by atoms with Gasteiger partial charge in [0.1, 0.15) is 22.7 Å². The molecule has 2 heterocycles. The van der Waals surface area contributed by atoms with E-state index in [-0.39, 0.29) is 23.5 Å². The molecule has 7 heteroatoms. The molecular formula is C17H15N3O4. The predicted molar refractivity (Wildman–Crippen MR) is 88.2 cm³/mol. The maximum Gasteiger partial charge on any atom is 0.266 e. The van der Waals surface area contributed by atoms with E-state index in [2.05, 4.69) is 15.3 Å². The number of methoxy groups -OCH3 is 1. The van der Waals surface area contributed by atoms with Crippen molar-refractivity contribution in [2.75, 3.05) is 7.11 Å². The fourth-order valence-electron chi connectivity index (χ4n) is 2.43. The van der Waals surface area contributed by atoms with E-state index in [0.29, 0.717) is 11.1 Å². The van der Waals surface area contributed by atoms with Crippen molar-refractivity contribution < 1.29 is 14.6 Å². The van der Waals surface area contributed by atoms with Crippen molar-refractivity contribution in [2.45, 2.75) is 6.54 Å². The zero-order valence-electron chi connectivity index (χ0n) is 12.9. The maximum atomic E-state index is 12.4. The number of aromatic hydroxyl groups is 1. The van der Waals surface area contributed by atoms with Crippen LogP contribution in [0, 0.1) is 0 Å². The summed E-state index contributed by atoms with van der Waals surface area (Å²) in [5.41, 5.74) is -0.0605. The van der Waals surface area contributed by atoms with Gasteiger partial charge in [-0.3, -0.25) is 9.59 Å². The number of fused-ring (bicyclic) bond motifs is 1. The summed E-state index contributed by atoms with van der Waals surface area (Å²) >= 11 is 0. The van der Waals surface area contributed by atoms with Crippen LogP contribution in [0.4, 0.5) is 0 Å². The van der Waals surface area contributed by atoms with E-state index in [1.165, 1.54) is 13.3 Å². The third kappa shape index (κ3) is 2.79. The van der Waals surface area contributed by atoms with Crippen molar-refractivity contribution in [1.82, 2.24) is 15.3 Å². The first-order valence-corrected chi connectivity index (χ1v) is 7.22. The lowest BCUT2D eigenvalue weighted by atomic mass is 10.1. The maximum absolute atomic E-state index is 12.4. The molecule has 0 unspecified atom stereocenters. The number of aromatic amines is 1. The van der Waals surface area contributed by atoms with Crippen LogP contribution >= 0.6 is 0 Å². The van der Waals surface area contributed by atoms with E-state index >= 15 is 0 Å². The lowest BCUT2D eigenvalue weighted by Gasteiger charge is -2.10. The Kier molecular flexibility index (Phi) is 4.15. The molecule has 0 aliphatic carbocycles. The van der Waals surface area contributed by atoms with E-state index in [0.717, 1.165) is 5.56 Å². The SMILES string of the molecule is COc1ccccc1CNC(=O)c1c(O)c2cccnc2[nH]c1=O. The molecule has 2 aromatic heterocycles. The van der Waals surface area contributed by atoms with Gasteiger partial charge in [0.05, 0.1) is 12.5 Å². The van der Waals surface area contributed by atoms with E-state index < -0.39 is 11.5 Å². The number of amides is 1. The van der Waals surface area contributed by atoms with Crippen molar-refractivity contribution >= 4 is 16.9 Å². The molecule has 3 N–H and O–H groups in total. The van der Waals surface area contributed by atoms with Gasteiger partial charge in [-0.25, -0.2) is 4.98 Å². The molecule has 0 radical (unpaired) electrons. The molecule has 0 aliphatic heterocycles. The van der Waals surface area contributed by atoms with E-state index in [1.54, 1.807) is 24.3 Å². The Morgan fingerprint density at radius 1 is 1.29 bits per heavy atom. The summed E-state index contributed by atoms with van der Waals surface area (Å²) in [6.45, 7) is 0.160. The Morgan fingerprint density at radius 2 is 2.08 bits per heavy atom. The Bertz CT molecular complexity index is 965. The average Bonchev–Trinajstić information content (AvgIpc) is 2.60. The van der Waals surface area contributed by atoms with Gasteiger partial charge in [-0.05, 0) is 18.2 Å². The average molecular weight is 325 g/mol. The molecule has 24 heavy (non-hydrogen) atoms. The van der Waals surface area contributed by atoms with Crippen LogP contribution in [-0.2, 0) is 6.54 Å². The van der Waals surface area contributed by atoms with Gasteiger partial charge in [-0.1, -0.05) is 18.2 Å². The smallest absolute Gasteiger partial charge is 0.266 e. The van der Waals surface area contributed by atoms with E-state index in [1.807, 2.05) is 12.1 Å². The number of para-hydroxylation sites is 1. The standard InChI is InChI=1S/C17H15N3O4/c1-24-12-7-3-2-5-10(12)9-19-16(22)13-14(21)11-6-4-8-18-15(11)20-17(13)23/h2-8H,9H2,1H3,(H,19,22)(H2,18,20,21,23). The first-order valence-electron chi connectivity index (χ1n) is 7.22. The van der Waals surface area contributed by atoms with Gasteiger partial charge in [0.2, 0.25) is 0 Å². The third-order valence-electron chi connectivity index (χ3n) is 3.62. The highest BCUT2D eigenvalue weighted by molar-refractivity contribution is 6.01. The normalized spacial score (nSPS) is 10.5. The molecule has 3 aromatic rings. The summed E-state index contributed by atoms with van der Waals surface area (Å²) in [6.07, 6.45) is 1.49. The van der Waals surface area contributed by atoms with Gasteiger partial charge in [0.15, 0.2) is 0 Å². The van der Waals surface area contributed by atoms with Crippen LogP contribution in [0.15, 0.2) is 47.4 Å². The van der Waals surface area contributed by atoms with Gasteiger partial charge in [0.25, 0.3) is 11.5 Å². The van der Waals surface area contributed by atoms with Crippen molar-refractivity contribution in [1.29, 1.82) is 0 Å². The number of hydrogen-bond donors (Lipinski definition) is 3. The van der Waals surface area contributed by atoms with Crippen LogP contribution in [0.3, 0.4) is 0 Å². The van der Waals surface area contributed by atoms with Gasteiger partial charge in [0, 0.05) is 18.3 Å². The highest BCUT2D eigenvalue weighted by Crippen LogP contribution is 2.23. The molecule has 122 valence electrons. The number of hydrogen-bond acceptors (Lipinski definition) is 5. The van der Waals surface area contributed by atoms with Gasteiger partial charge in [-0.15, -0.1) is 0 Å². The lowest BCUT2D eigenvalue weighted by molar-refractivity contribution is 0.0946. The number of carbonyl (C=O) groups is 1. The summed E-state index contributed by atoms with van der Waals surface area (Å²) in [5.74, 6) is -0.441. The second-order valence-corrected chi connectivity index (χ2v) is 5.07. The molecule has 0 bridgehead atoms. The van der Waals surface area contributed by atoms with E-state index in [4.69, 9.17) is 4.74 Å². The summed E-state index contributed by atoms with van der Waals surface area (Å²) in [7, 11) is 1.54. The van der Waals surface area contributed by atoms with Gasteiger partial charge >= 0.3 is 0 Å². The number of nitrogens with one attached hydrogen (secondary N) is 2. The number of nitrogens with zero attached hydrogens (tertiary/aromatic N) is 1. The van der Waals surface area contributed by atoms with E-state index in [9.17, 15) is 14.7 Å². The number of ether oxygens (including phenoxy) is 1. The number of H-pyrrole nitrogens is 1. The highest BCUT2D eigenvalue weighted by Gasteiger charge is 2.19. The quantitative estimate of drug-likeness (QED) is 0.675. The van der Waals surface area contributed by atoms with Gasteiger partial charge in [-0.2, -0.15) is 0 Å². The molecule has 1 aromatic carbocycles. The molecule has 7 nitrogen and oxygen atoms in total. The number of pyridine rings is 2. The van der Waals surface area contributed by atoms with Crippen LogP contribution in [0.5, 0.6) is 11.5 Å². The predicted octanol–water partition coefficient (Wildman–Crippen LogP) is 1.57. The number of carbonyl (C=O) groups excluding carboxylic acids is 1. The first-order chi connectivity index (χ1) is 11.6. The van der Waals surface area contributed by atoms with Crippen molar-refractivity contribution in [2.24, 2.45) is 0 Å². The molecule has 0 aliphatic rings.